The van der Waals surface area contributed by atoms with Crippen molar-refractivity contribution in [3.05, 3.63) is 45.3 Å². The predicted octanol–water partition coefficient (Wildman–Crippen LogP) is 3.90. The zero-order valence-corrected chi connectivity index (χ0v) is 18.9. The van der Waals surface area contributed by atoms with Crippen LogP contribution in [0.1, 0.15) is 39.2 Å². The molecule has 1 aromatic heterocycles. The van der Waals surface area contributed by atoms with Crippen molar-refractivity contribution in [3.8, 4) is 11.3 Å². The number of rotatable bonds is 3. The molecule has 0 unspecified atom stereocenters. The molecule has 0 radical (unpaired) electrons. The number of halogens is 1. The van der Waals surface area contributed by atoms with Crippen LogP contribution < -0.4 is 15.8 Å². The molecular formula is C22H29ClN4O3. The van der Waals surface area contributed by atoms with E-state index in [-0.39, 0.29) is 11.6 Å². The molecule has 0 spiro atoms. The van der Waals surface area contributed by atoms with Crippen LogP contribution in [0.5, 0.6) is 0 Å². The number of hydrogen-bond donors (Lipinski definition) is 1. The van der Waals surface area contributed by atoms with E-state index in [1.807, 2.05) is 56.9 Å². The number of carbonyl (C=O) groups excluding carboxylic acids is 1. The smallest absolute Gasteiger partial charge is 0.407 e. The highest BCUT2D eigenvalue weighted by Gasteiger charge is 2.26. The Balaban J connectivity index is 1.73. The Morgan fingerprint density at radius 1 is 1.20 bits per heavy atom. The van der Waals surface area contributed by atoms with Gasteiger partial charge in [-0.1, -0.05) is 41.4 Å². The standard InChI is InChI=1S/C22H29ClN4O3/c1-14-6-8-15(9-7-14)17-18(23)25-19(20(28)26(17)5)27-12-10-16(11-13-27)24-21(29)30-22(2,3)4/h6-9,16H,10-13H2,1-5H3,(H,24,29). The molecule has 0 aliphatic carbocycles. The van der Waals surface area contributed by atoms with Gasteiger partial charge in [0, 0.05) is 31.7 Å². The van der Waals surface area contributed by atoms with E-state index in [1.54, 1.807) is 11.6 Å². The summed E-state index contributed by atoms with van der Waals surface area (Å²) in [6.45, 7) is 8.71. The van der Waals surface area contributed by atoms with Crippen molar-refractivity contribution >= 4 is 23.5 Å². The molecule has 3 rings (SSSR count). The van der Waals surface area contributed by atoms with Gasteiger partial charge in [0.2, 0.25) is 0 Å². The number of aromatic nitrogens is 2. The van der Waals surface area contributed by atoms with Gasteiger partial charge >= 0.3 is 6.09 Å². The van der Waals surface area contributed by atoms with E-state index < -0.39 is 11.7 Å². The molecule has 1 amide bonds. The molecule has 2 heterocycles. The summed E-state index contributed by atoms with van der Waals surface area (Å²) in [5, 5.41) is 3.20. The lowest BCUT2D eigenvalue weighted by Gasteiger charge is -2.33. The normalized spacial score (nSPS) is 15.2. The number of carbonyl (C=O) groups is 1. The highest BCUT2D eigenvalue weighted by molar-refractivity contribution is 6.32. The molecule has 1 saturated heterocycles. The zero-order valence-electron chi connectivity index (χ0n) is 18.2. The number of piperidine rings is 1. The molecule has 7 nitrogen and oxygen atoms in total. The summed E-state index contributed by atoms with van der Waals surface area (Å²) in [7, 11) is 1.71. The fraction of sp³-hybridized carbons (Fsp3) is 0.500. The third kappa shape index (κ3) is 5.14. The van der Waals surface area contributed by atoms with E-state index in [1.165, 1.54) is 0 Å². The number of hydrogen-bond acceptors (Lipinski definition) is 5. The number of benzene rings is 1. The van der Waals surface area contributed by atoms with Crippen molar-refractivity contribution in [3.63, 3.8) is 0 Å². The van der Waals surface area contributed by atoms with Gasteiger partial charge < -0.3 is 19.5 Å². The molecular weight excluding hydrogens is 404 g/mol. The highest BCUT2D eigenvalue weighted by atomic mass is 35.5. The van der Waals surface area contributed by atoms with E-state index in [0.29, 0.717) is 42.6 Å². The minimum absolute atomic E-state index is 0.00209. The van der Waals surface area contributed by atoms with E-state index in [2.05, 4.69) is 10.3 Å². The maximum Gasteiger partial charge on any atom is 0.407 e. The number of amides is 1. The first-order valence-corrected chi connectivity index (χ1v) is 10.5. The van der Waals surface area contributed by atoms with Gasteiger partial charge in [-0.05, 0) is 40.5 Å². The van der Waals surface area contributed by atoms with Gasteiger partial charge in [-0.3, -0.25) is 4.79 Å². The molecule has 1 aromatic carbocycles. The molecule has 0 atom stereocenters. The monoisotopic (exact) mass is 432 g/mol. The van der Waals surface area contributed by atoms with Gasteiger partial charge in [0.15, 0.2) is 11.0 Å². The van der Waals surface area contributed by atoms with E-state index in [0.717, 1.165) is 11.1 Å². The minimum Gasteiger partial charge on any atom is -0.444 e. The second-order valence-corrected chi connectivity index (χ2v) is 9.07. The highest BCUT2D eigenvalue weighted by Crippen LogP contribution is 2.27. The fourth-order valence-electron chi connectivity index (χ4n) is 3.52. The predicted molar refractivity (Wildman–Crippen MR) is 119 cm³/mol. The third-order valence-corrected chi connectivity index (χ3v) is 5.33. The second-order valence-electron chi connectivity index (χ2n) is 8.71. The van der Waals surface area contributed by atoms with E-state index in [4.69, 9.17) is 16.3 Å². The van der Waals surface area contributed by atoms with Crippen LogP contribution in [0.3, 0.4) is 0 Å². The number of nitrogens with zero attached hydrogens (tertiary/aromatic N) is 3. The third-order valence-electron chi connectivity index (χ3n) is 5.07. The van der Waals surface area contributed by atoms with Crippen LogP contribution in [0.15, 0.2) is 29.1 Å². The van der Waals surface area contributed by atoms with Crippen LogP contribution in [-0.2, 0) is 11.8 Å². The average molecular weight is 433 g/mol. The number of anilines is 1. The number of nitrogens with one attached hydrogen (secondary N) is 1. The molecule has 162 valence electrons. The Labute approximate surface area is 182 Å². The molecule has 1 N–H and O–H groups in total. The van der Waals surface area contributed by atoms with Gasteiger partial charge in [-0.2, -0.15) is 0 Å². The minimum atomic E-state index is -0.531. The number of alkyl carbamates (subject to hydrolysis) is 1. The first-order valence-electron chi connectivity index (χ1n) is 10.1. The summed E-state index contributed by atoms with van der Waals surface area (Å²) >= 11 is 6.49. The Morgan fingerprint density at radius 2 is 1.80 bits per heavy atom. The van der Waals surface area contributed by atoms with E-state index >= 15 is 0 Å². The first kappa shape index (κ1) is 22.2. The molecule has 0 saturated carbocycles. The number of aryl methyl sites for hydroxylation is 1. The molecule has 8 heteroatoms. The first-order chi connectivity index (χ1) is 14.0. The summed E-state index contributed by atoms with van der Waals surface area (Å²) in [5.41, 5.74) is 1.87. The summed E-state index contributed by atoms with van der Waals surface area (Å²) < 4.78 is 6.87. The van der Waals surface area contributed by atoms with Gasteiger partial charge in [0.25, 0.3) is 5.56 Å². The van der Waals surface area contributed by atoms with Gasteiger partial charge in [-0.25, -0.2) is 9.78 Å². The van der Waals surface area contributed by atoms with Gasteiger partial charge in [0.05, 0.1) is 5.69 Å². The topological polar surface area (TPSA) is 76.5 Å². The van der Waals surface area contributed by atoms with Gasteiger partial charge in [0.1, 0.15) is 5.60 Å². The Morgan fingerprint density at radius 3 is 2.37 bits per heavy atom. The summed E-state index contributed by atoms with van der Waals surface area (Å²) in [4.78, 5) is 31.4. The van der Waals surface area contributed by atoms with E-state index in [9.17, 15) is 9.59 Å². The van der Waals surface area contributed by atoms with Crippen molar-refractivity contribution < 1.29 is 9.53 Å². The second kappa shape index (κ2) is 8.68. The Bertz CT molecular complexity index is 972. The SMILES string of the molecule is Cc1ccc(-c2c(Cl)nc(N3CCC(NC(=O)OC(C)(C)C)CC3)c(=O)n2C)cc1. The summed E-state index contributed by atoms with van der Waals surface area (Å²) in [6, 6.07) is 7.83. The quantitative estimate of drug-likeness (QED) is 0.795. The average Bonchev–Trinajstić information content (AvgIpc) is 2.65. The number of ether oxygens (including phenoxy) is 1. The van der Waals surface area contributed by atoms with Crippen molar-refractivity contribution in [2.24, 2.45) is 7.05 Å². The fourth-order valence-corrected chi connectivity index (χ4v) is 3.84. The molecule has 1 aliphatic heterocycles. The molecule has 2 aromatic rings. The summed E-state index contributed by atoms with van der Waals surface area (Å²) in [6.07, 6.45) is 0.975. The summed E-state index contributed by atoms with van der Waals surface area (Å²) in [5.74, 6) is 0.342. The van der Waals surface area contributed by atoms with Crippen molar-refractivity contribution in [1.82, 2.24) is 14.9 Å². The Kier molecular flexibility index (Phi) is 6.41. The molecule has 1 aliphatic rings. The molecule has 1 fully saturated rings. The van der Waals surface area contributed by atoms with Crippen LogP contribution in [0.4, 0.5) is 10.6 Å². The van der Waals surface area contributed by atoms with Gasteiger partial charge in [-0.15, -0.1) is 0 Å². The lowest BCUT2D eigenvalue weighted by molar-refractivity contribution is 0.0497. The molecule has 0 bridgehead atoms. The molecule has 30 heavy (non-hydrogen) atoms. The van der Waals surface area contributed by atoms with Crippen LogP contribution >= 0.6 is 11.6 Å². The lowest BCUT2D eigenvalue weighted by atomic mass is 10.1. The van der Waals surface area contributed by atoms with Crippen LogP contribution in [0, 0.1) is 6.92 Å². The largest absolute Gasteiger partial charge is 0.444 e. The van der Waals surface area contributed by atoms with Crippen LogP contribution in [-0.4, -0.2) is 40.4 Å². The Hall–Kier alpha value is -2.54. The van der Waals surface area contributed by atoms with Crippen molar-refractivity contribution in [1.29, 1.82) is 0 Å². The zero-order chi connectivity index (χ0) is 22.1. The lowest BCUT2D eigenvalue weighted by Crippen LogP contribution is -2.47. The van der Waals surface area contributed by atoms with Crippen molar-refractivity contribution in [2.75, 3.05) is 18.0 Å². The van der Waals surface area contributed by atoms with Crippen LogP contribution in [0.2, 0.25) is 5.15 Å². The maximum atomic E-state index is 13.0. The van der Waals surface area contributed by atoms with Crippen molar-refractivity contribution in [2.45, 2.75) is 52.2 Å². The van der Waals surface area contributed by atoms with Crippen LogP contribution in [0.25, 0.3) is 11.3 Å². The maximum absolute atomic E-state index is 13.0.